The summed E-state index contributed by atoms with van der Waals surface area (Å²) < 4.78 is 49.3. The van der Waals surface area contributed by atoms with Crippen molar-refractivity contribution in [2.24, 2.45) is 0 Å². The topological polar surface area (TPSA) is 175 Å². The number of esters is 2. The fraction of sp³-hybridized carbons (Fsp3) is 0.857. The van der Waals surface area contributed by atoms with E-state index >= 15 is 0 Å². The molecule has 1 N–H and O–H groups in total. The third kappa shape index (κ3) is 13.7. The number of amides is 2. The molecule has 14 nitrogen and oxygen atoms in total. The van der Waals surface area contributed by atoms with E-state index in [1.807, 2.05) is 6.92 Å². The van der Waals surface area contributed by atoms with Crippen molar-refractivity contribution in [2.75, 3.05) is 33.1 Å². The zero-order valence-corrected chi connectivity index (χ0v) is 27.7. The number of nitrogens with zero attached hydrogens (tertiary/aromatic N) is 2. The van der Waals surface area contributed by atoms with Gasteiger partial charge in [0.05, 0.1) is 45.3 Å². The van der Waals surface area contributed by atoms with Crippen LogP contribution in [0.4, 0.5) is 9.59 Å². The van der Waals surface area contributed by atoms with Crippen LogP contribution in [0.3, 0.4) is 0 Å². The number of carbonyl (C=O) groups is 4. The number of aliphatic hydroxyl groups is 1. The molecule has 2 heterocycles. The molecule has 0 aliphatic carbocycles. The predicted molar refractivity (Wildman–Crippen MR) is 156 cm³/mol. The maximum absolute atomic E-state index is 12.3. The van der Waals surface area contributed by atoms with Crippen molar-refractivity contribution in [3.8, 4) is 0 Å². The van der Waals surface area contributed by atoms with Gasteiger partial charge in [-0.25, -0.2) is 19.2 Å². The van der Waals surface area contributed by atoms with Gasteiger partial charge in [-0.15, -0.1) is 0 Å². The molecule has 2 saturated heterocycles. The highest BCUT2D eigenvalue weighted by Gasteiger charge is 2.44. The van der Waals surface area contributed by atoms with Gasteiger partial charge in [-0.1, -0.05) is 26.2 Å². The van der Waals surface area contributed by atoms with Crippen molar-refractivity contribution in [3.05, 3.63) is 0 Å². The summed E-state index contributed by atoms with van der Waals surface area (Å²) in [4.78, 5) is 50.0. The van der Waals surface area contributed by atoms with Gasteiger partial charge in [0.25, 0.3) is 10.1 Å². The third-order valence-corrected chi connectivity index (χ3v) is 7.63. The highest BCUT2D eigenvalue weighted by Crippen LogP contribution is 2.26. The maximum atomic E-state index is 12.3. The van der Waals surface area contributed by atoms with E-state index < -0.39 is 69.7 Å². The first-order chi connectivity index (χ1) is 19.7. The molecular weight excluding hydrogens is 588 g/mol. The average molecular weight is 639 g/mol. The molecule has 0 aromatic heterocycles. The Hall–Kier alpha value is -2.65. The summed E-state index contributed by atoms with van der Waals surface area (Å²) in [5.74, 6) is -1.23. The number of methoxy groups -OCH3 is 2. The molecule has 0 unspecified atom stereocenters. The van der Waals surface area contributed by atoms with Crippen LogP contribution in [0.2, 0.25) is 0 Å². The van der Waals surface area contributed by atoms with Crippen molar-refractivity contribution in [2.45, 2.75) is 122 Å². The molecular formula is C28H50N2O12S. The van der Waals surface area contributed by atoms with Crippen molar-refractivity contribution in [3.63, 3.8) is 0 Å². The number of hydrogen-bond acceptors (Lipinski definition) is 12. The minimum absolute atomic E-state index is 0.0388. The molecule has 43 heavy (non-hydrogen) atoms. The van der Waals surface area contributed by atoms with Crippen LogP contribution < -0.4 is 0 Å². The molecule has 0 aromatic carbocycles. The number of rotatable bonds is 9. The molecule has 2 amide bonds. The van der Waals surface area contributed by atoms with Gasteiger partial charge >= 0.3 is 24.1 Å². The summed E-state index contributed by atoms with van der Waals surface area (Å²) in [7, 11) is -1.25. The number of ether oxygens (including phenoxy) is 4. The lowest BCUT2D eigenvalue weighted by molar-refractivity contribution is -0.146. The second kappa shape index (κ2) is 16.4. The van der Waals surface area contributed by atoms with E-state index in [0.29, 0.717) is 6.42 Å². The van der Waals surface area contributed by atoms with Crippen LogP contribution in [-0.2, 0) is 42.8 Å². The van der Waals surface area contributed by atoms with Crippen LogP contribution >= 0.6 is 0 Å². The minimum atomic E-state index is -3.72. The van der Waals surface area contributed by atoms with Gasteiger partial charge in [-0.2, -0.15) is 8.42 Å². The summed E-state index contributed by atoms with van der Waals surface area (Å²) >= 11 is 0. The monoisotopic (exact) mass is 638 g/mol. The van der Waals surface area contributed by atoms with Crippen LogP contribution in [-0.4, -0.2) is 116 Å². The van der Waals surface area contributed by atoms with E-state index in [4.69, 9.17) is 18.4 Å². The molecule has 4 atom stereocenters. The lowest BCUT2D eigenvalue weighted by atomic mass is 10.2. The van der Waals surface area contributed by atoms with E-state index in [1.165, 1.54) is 24.0 Å². The zero-order valence-electron chi connectivity index (χ0n) is 26.9. The third-order valence-electron chi connectivity index (χ3n) is 6.27. The van der Waals surface area contributed by atoms with Gasteiger partial charge in [-0.05, 0) is 48.0 Å². The van der Waals surface area contributed by atoms with Gasteiger partial charge in [0.15, 0.2) is 0 Å². The van der Waals surface area contributed by atoms with Crippen molar-refractivity contribution in [1.29, 1.82) is 0 Å². The first-order valence-corrected chi connectivity index (χ1v) is 16.0. The van der Waals surface area contributed by atoms with Crippen molar-refractivity contribution < 1.29 is 55.8 Å². The van der Waals surface area contributed by atoms with Crippen LogP contribution in [0.25, 0.3) is 0 Å². The molecule has 15 heteroatoms. The Morgan fingerprint density at radius 3 is 1.67 bits per heavy atom. The van der Waals surface area contributed by atoms with Crippen LogP contribution in [0.15, 0.2) is 0 Å². The first-order valence-electron chi connectivity index (χ1n) is 14.5. The Balaban J connectivity index is 0.000000469. The van der Waals surface area contributed by atoms with E-state index in [-0.39, 0.29) is 31.7 Å². The highest BCUT2D eigenvalue weighted by atomic mass is 32.2. The molecule has 0 bridgehead atoms. The van der Waals surface area contributed by atoms with Gasteiger partial charge in [0.2, 0.25) is 0 Å². The quantitative estimate of drug-likeness (QED) is 0.169. The number of aliphatic hydroxyl groups excluding tert-OH is 1. The normalized spacial score (nSPS) is 22.4. The Bertz CT molecular complexity index is 1050. The standard InChI is InChI=1S/C17H31NO7S.C11H19NO5/c1-6-7-8-9-10-26(21,22)25-13-11-14(15(19)23-5)18(12-13)16(20)24-17(2,3)4;1-11(2,3)17-10(15)12-6-7(13)5-8(12)9(14)16-4/h13-14H,6-12H2,1-5H3;7-8,13H,5-6H2,1-4H3/t13-,14+;7-,8-/m10/s1. The number of unbranched alkanes of at least 4 members (excludes halogenated alkanes) is 3. The van der Waals surface area contributed by atoms with E-state index in [0.717, 1.165) is 19.3 Å². The second-order valence-corrected chi connectivity index (χ2v) is 14.2. The summed E-state index contributed by atoms with van der Waals surface area (Å²) in [6.07, 6.45) is 0.757. The number of hydrogen-bond donors (Lipinski definition) is 1. The fourth-order valence-electron chi connectivity index (χ4n) is 4.41. The fourth-order valence-corrected chi connectivity index (χ4v) is 5.61. The molecule has 250 valence electrons. The van der Waals surface area contributed by atoms with Gasteiger partial charge in [0, 0.05) is 12.8 Å². The van der Waals surface area contributed by atoms with Gasteiger partial charge in [-0.3, -0.25) is 14.0 Å². The van der Waals surface area contributed by atoms with Crippen LogP contribution in [0, 0.1) is 0 Å². The largest absolute Gasteiger partial charge is 0.467 e. The molecule has 2 fully saturated rings. The predicted octanol–water partition coefficient (Wildman–Crippen LogP) is 2.99. The van der Waals surface area contributed by atoms with E-state index in [9.17, 15) is 32.7 Å². The highest BCUT2D eigenvalue weighted by molar-refractivity contribution is 7.86. The Morgan fingerprint density at radius 1 is 0.767 bits per heavy atom. The van der Waals surface area contributed by atoms with E-state index in [2.05, 4.69) is 4.74 Å². The average Bonchev–Trinajstić information content (AvgIpc) is 3.47. The van der Waals surface area contributed by atoms with Crippen LogP contribution in [0.1, 0.15) is 87.0 Å². The molecule has 0 saturated carbocycles. The van der Waals surface area contributed by atoms with E-state index in [1.54, 1.807) is 41.5 Å². The smallest absolute Gasteiger partial charge is 0.411 e. The number of carbonyl (C=O) groups excluding carboxylic acids is 4. The summed E-state index contributed by atoms with van der Waals surface area (Å²) in [5.41, 5.74) is -1.37. The molecule has 0 aromatic rings. The SMILES string of the molecule is CCCCCCS(=O)(=O)O[C@@H]1C[C@@H](C(=O)OC)N(C(=O)OC(C)(C)C)C1.COC(=O)[C@@H]1C[C@H](O)CN1C(=O)OC(C)(C)C. The Kier molecular flexibility index (Phi) is 14.7. The Labute approximate surface area is 255 Å². The summed E-state index contributed by atoms with van der Waals surface area (Å²) in [6.45, 7) is 12.5. The lowest BCUT2D eigenvalue weighted by Crippen LogP contribution is -2.44. The minimum Gasteiger partial charge on any atom is -0.467 e. The maximum Gasteiger partial charge on any atom is 0.411 e. The number of β-amino-alcohol motifs (C(OH)–C–C–N with tert-alkyl or cyclic N) is 1. The molecule has 2 rings (SSSR count). The zero-order chi connectivity index (χ0) is 33.2. The van der Waals surface area contributed by atoms with Crippen LogP contribution in [0.5, 0.6) is 0 Å². The molecule has 0 radical (unpaired) electrons. The number of likely N-dealkylation sites (tertiary alicyclic amines) is 2. The second-order valence-electron chi connectivity index (χ2n) is 12.5. The van der Waals surface area contributed by atoms with Gasteiger partial charge < -0.3 is 24.1 Å². The summed E-state index contributed by atoms with van der Waals surface area (Å²) in [6, 6.07) is -1.68. The first kappa shape index (κ1) is 38.4. The summed E-state index contributed by atoms with van der Waals surface area (Å²) in [5, 5.41) is 9.50. The van der Waals surface area contributed by atoms with Gasteiger partial charge in [0.1, 0.15) is 23.3 Å². The molecule has 0 spiro atoms. The Morgan fingerprint density at radius 2 is 1.23 bits per heavy atom. The molecule has 2 aliphatic heterocycles. The molecule has 2 aliphatic rings. The van der Waals surface area contributed by atoms with Crippen molar-refractivity contribution >= 4 is 34.2 Å². The lowest BCUT2D eigenvalue weighted by Gasteiger charge is -2.27. The van der Waals surface area contributed by atoms with Crippen molar-refractivity contribution in [1.82, 2.24) is 9.80 Å².